The van der Waals surface area contributed by atoms with Crippen LogP contribution in [0.5, 0.6) is 0 Å². The molecule has 0 aliphatic carbocycles. The average Bonchev–Trinajstić information content (AvgIpc) is 2.18. The van der Waals surface area contributed by atoms with Crippen LogP contribution in [0.1, 0.15) is 19.4 Å². The van der Waals surface area contributed by atoms with Crippen molar-refractivity contribution < 1.29 is 4.92 Å². The Morgan fingerprint density at radius 2 is 1.93 bits per heavy atom. The molecule has 0 amide bonds. The van der Waals surface area contributed by atoms with E-state index in [-0.39, 0.29) is 5.69 Å². The van der Waals surface area contributed by atoms with Gasteiger partial charge in [-0.1, -0.05) is 38.2 Å². The molecule has 0 unspecified atom stereocenters. The number of thiocarbonyl (C=S) groups is 1. The molecular formula is C11H13NO2S. The Balaban J connectivity index is 2.73. The molecule has 0 heterocycles. The summed E-state index contributed by atoms with van der Waals surface area (Å²) in [5, 5.41) is 10.4. The van der Waals surface area contributed by atoms with Crippen LogP contribution >= 0.6 is 12.2 Å². The lowest BCUT2D eigenvalue weighted by atomic mass is 10.0. The predicted molar refractivity (Wildman–Crippen MR) is 64.2 cm³/mol. The summed E-state index contributed by atoms with van der Waals surface area (Å²) in [6, 6.07) is 6.54. The minimum absolute atomic E-state index is 0.120. The van der Waals surface area contributed by atoms with Crippen LogP contribution in [0.4, 0.5) is 5.69 Å². The summed E-state index contributed by atoms with van der Waals surface area (Å²) in [6.45, 7) is 4.10. The zero-order valence-electron chi connectivity index (χ0n) is 8.77. The zero-order valence-corrected chi connectivity index (χ0v) is 9.58. The first-order valence-electron chi connectivity index (χ1n) is 4.76. The molecule has 0 saturated heterocycles. The first-order chi connectivity index (χ1) is 7.00. The van der Waals surface area contributed by atoms with Gasteiger partial charge in [-0.15, -0.1) is 0 Å². The molecule has 0 aliphatic rings. The van der Waals surface area contributed by atoms with E-state index >= 15 is 0 Å². The number of benzene rings is 1. The first kappa shape index (κ1) is 11.8. The highest BCUT2D eigenvalue weighted by Crippen LogP contribution is 2.14. The lowest BCUT2D eigenvalue weighted by Gasteiger charge is -2.06. The number of hydrogen-bond donors (Lipinski definition) is 0. The normalized spacial score (nSPS) is 10.3. The average molecular weight is 223 g/mol. The fourth-order valence-electron chi connectivity index (χ4n) is 1.14. The van der Waals surface area contributed by atoms with Crippen molar-refractivity contribution >= 4 is 22.8 Å². The molecule has 4 heteroatoms. The minimum atomic E-state index is -0.398. The van der Waals surface area contributed by atoms with Crippen LogP contribution in [-0.2, 0) is 6.42 Å². The Hall–Kier alpha value is -1.29. The summed E-state index contributed by atoms with van der Waals surface area (Å²) in [4.78, 5) is 11.0. The summed E-state index contributed by atoms with van der Waals surface area (Å²) in [6.07, 6.45) is 0.713. The van der Waals surface area contributed by atoms with E-state index in [1.807, 2.05) is 13.8 Å². The Bertz CT molecular complexity index is 371. The van der Waals surface area contributed by atoms with E-state index in [1.54, 1.807) is 12.1 Å². The van der Waals surface area contributed by atoms with Gasteiger partial charge in [-0.25, -0.2) is 0 Å². The van der Waals surface area contributed by atoms with Crippen molar-refractivity contribution in [2.45, 2.75) is 20.3 Å². The maximum absolute atomic E-state index is 10.4. The van der Waals surface area contributed by atoms with Crippen LogP contribution in [0, 0.1) is 16.0 Å². The van der Waals surface area contributed by atoms with Crippen molar-refractivity contribution in [3.05, 3.63) is 39.9 Å². The Kier molecular flexibility index (Phi) is 3.91. The third-order valence-corrected chi connectivity index (χ3v) is 2.79. The standard InChI is InChI=1S/C11H13NO2S/c1-8(2)11(15)7-9-3-5-10(6-4-9)12(13)14/h3-6,8H,7H2,1-2H3. The SMILES string of the molecule is CC(C)C(=S)Cc1ccc([N+](=O)[O-])cc1. The quantitative estimate of drug-likeness (QED) is 0.447. The maximum Gasteiger partial charge on any atom is 0.269 e. The summed E-state index contributed by atoms with van der Waals surface area (Å²) >= 11 is 5.21. The lowest BCUT2D eigenvalue weighted by molar-refractivity contribution is -0.384. The smallest absolute Gasteiger partial charge is 0.258 e. The van der Waals surface area contributed by atoms with E-state index in [0.717, 1.165) is 10.4 Å². The second-order valence-electron chi connectivity index (χ2n) is 3.72. The van der Waals surface area contributed by atoms with Gasteiger partial charge in [0.15, 0.2) is 0 Å². The molecule has 0 saturated carbocycles. The van der Waals surface area contributed by atoms with E-state index in [2.05, 4.69) is 0 Å². The summed E-state index contributed by atoms with van der Waals surface area (Å²) in [5.74, 6) is 0.371. The van der Waals surface area contributed by atoms with Gasteiger partial charge in [-0.05, 0) is 16.3 Å². The summed E-state index contributed by atoms with van der Waals surface area (Å²) < 4.78 is 0. The molecule has 3 nitrogen and oxygen atoms in total. The minimum Gasteiger partial charge on any atom is -0.258 e. The van der Waals surface area contributed by atoms with E-state index in [1.165, 1.54) is 12.1 Å². The Morgan fingerprint density at radius 3 is 2.33 bits per heavy atom. The van der Waals surface area contributed by atoms with Crippen LogP contribution in [0.3, 0.4) is 0 Å². The van der Waals surface area contributed by atoms with Crippen molar-refractivity contribution in [1.29, 1.82) is 0 Å². The maximum atomic E-state index is 10.4. The number of nitro benzene ring substituents is 1. The lowest BCUT2D eigenvalue weighted by Crippen LogP contribution is -2.07. The van der Waals surface area contributed by atoms with Gasteiger partial charge in [0, 0.05) is 18.6 Å². The number of nitro groups is 1. The molecule has 0 aliphatic heterocycles. The molecule has 0 bridgehead atoms. The van der Waals surface area contributed by atoms with E-state index in [4.69, 9.17) is 12.2 Å². The summed E-state index contributed by atoms with van der Waals surface area (Å²) in [5.41, 5.74) is 1.15. The van der Waals surface area contributed by atoms with Gasteiger partial charge in [0.05, 0.1) is 4.92 Å². The summed E-state index contributed by atoms with van der Waals surface area (Å²) in [7, 11) is 0. The highest BCUT2D eigenvalue weighted by molar-refractivity contribution is 7.80. The first-order valence-corrected chi connectivity index (χ1v) is 5.17. The van der Waals surface area contributed by atoms with E-state index in [0.29, 0.717) is 12.3 Å². The van der Waals surface area contributed by atoms with Crippen LogP contribution in [0.15, 0.2) is 24.3 Å². The fourth-order valence-corrected chi connectivity index (χ4v) is 1.31. The molecule has 1 aromatic rings. The van der Waals surface area contributed by atoms with Crippen molar-refractivity contribution in [1.82, 2.24) is 0 Å². The second kappa shape index (κ2) is 4.98. The number of nitrogens with zero attached hydrogens (tertiary/aromatic N) is 1. The molecular weight excluding hydrogens is 210 g/mol. The van der Waals surface area contributed by atoms with Crippen LogP contribution in [0.25, 0.3) is 0 Å². The molecule has 1 aromatic carbocycles. The largest absolute Gasteiger partial charge is 0.269 e. The van der Waals surface area contributed by atoms with Gasteiger partial charge in [0.25, 0.3) is 5.69 Å². The van der Waals surface area contributed by atoms with Gasteiger partial charge in [0.1, 0.15) is 0 Å². The highest BCUT2D eigenvalue weighted by Gasteiger charge is 2.07. The fraction of sp³-hybridized carbons (Fsp3) is 0.364. The number of non-ortho nitro benzene ring substituents is 1. The second-order valence-corrected chi connectivity index (χ2v) is 4.25. The van der Waals surface area contributed by atoms with Crippen molar-refractivity contribution in [2.75, 3.05) is 0 Å². The number of hydrogen-bond acceptors (Lipinski definition) is 3. The zero-order chi connectivity index (χ0) is 11.4. The van der Waals surface area contributed by atoms with Gasteiger partial charge < -0.3 is 0 Å². The van der Waals surface area contributed by atoms with Crippen molar-refractivity contribution in [3.8, 4) is 0 Å². The van der Waals surface area contributed by atoms with Crippen LogP contribution < -0.4 is 0 Å². The van der Waals surface area contributed by atoms with Gasteiger partial charge >= 0.3 is 0 Å². The number of rotatable bonds is 4. The van der Waals surface area contributed by atoms with Crippen molar-refractivity contribution in [3.63, 3.8) is 0 Å². The third kappa shape index (κ3) is 3.40. The molecule has 0 atom stereocenters. The monoisotopic (exact) mass is 223 g/mol. The van der Waals surface area contributed by atoms with Crippen LogP contribution in [0.2, 0.25) is 0 Å². The van der Waals surface area contributed by atoms with Gasteiger partial charge in [-0.3, -0.25) is 10.1 Å². The molecule has 0 radical (unpaired) electrons. The molecule has 15 heavy (non-hydrogen) atoms. The van der Waals surface area contributed by atoms with Gasteiger partial charge in [-0.2, -0.15) is 0 Å². The molecule has 0 N–H and O–H groups in total. The van der Waals surface area contributed by atoms with E-state index < -0.39 is 4.92 Å². The van der Waals surface area contributed by atoms with E-state index in [9.17, 15) is 10.1 Å². The van der Waals surface area contributed by atoms with Crippen molar-refractivity contribution in [2.24, 2.45) is 5.92 Å². The van der Waals surface area contributed by atoms with Crippen LogP contribution in [-0.4, -0.2) is 9.79 Å². The van der Waals surface area contributed by atoms with Gasteiger partial charge in [0.2, 0.25) is 0 Å². The molecule has 0 aromatic heterocycles. The Labute approximate surface area is 94.3 Å². The molecule has 80 valence electrons. The Morgan fingerprint density at radius 1 is 1.40 bits per heavy atom. The molecule has 0 spiro atoms. The molecule has 0 fully saturated rings. The topological polar surface area (TPSA) is 43.1 Å². The predicted octanol–water partition coefficient (Wildman–Crippen LogP) is 3.16. The third-order valence-electron chi connectivity index (χ3n) is 2.17. The highest BCUT2D eigenvalue weighted by atomic mass is 32.1. The molecule has 1 rings (SSSR count).